The lowest BCUT2D eigenvalue weighted by Crippen LogP contribution is -1.99. The normalized spacial score (nSPS) is 12.5. The zero-order valence-electron chi connectivity index (χ0n) is 10.6. The van der Waals surface area contributed by atoms with Gasteiger partial charge in [-0.15, -0.1) is 0 Å². The van der Waals surface area contributed by atoms with Crippen LogP contribution in [0.3, 0.4) is 0 Å². The van der Waals surface area contributed by atoms with Crippen molar-refractivity contribution in [3.05, 3.63) is 60.4 Å². The number of hydrogen-bond donors (Lipinski definition) is 1. The molecule has 1 aromatic carbocycles. The molecule has 0 radical (unpaired) electrons. The first-order chi connectivity index (χ1) is 9.27. The lowest BCUT2D eigenvalue weighted by atomic mass is 9.97. The van der Waals surface area contributed by atoms with E-state index in [1.54, 1.807) is 19.3 Å². The Kier molecular flexibility index (Phi) is 2.97. The summed E-state index contributed by atoms with van der Waals surface area (Å²) in [6.07, 6.45) is 2.92. The minimum Gasteiger partial charge on any atom is -0.389 e. The molecule has 0 aliphatic heterocycles. The molecule has 2 heterocycles. The molecular weight excluding hydrogens is 236 g/mol. The van der Waals surface area contributed by atoms with Gasteiger partial charge in [0.15, 0.2) is 0 Å². The standard InChI is InChI=1S/C16H14N2O/c1-11(19)13-10-18-14-7-3-2-6-12(14)16(13)15-8-4-5-9-17-15/h2-11,19H,1H3/t11-/m1/s1. The van der Waals surface area contributed by atoms with Crippen LogP contribution in [-0.2, 0) is 0 Å². The number of benzene rings is 1. The van der Waals surface area contributed by atoms with Crippen LogP contribution in [0.25, 0.3) is 22.2 Å². The van der Waals surface area contributed by atoms with E-state index in [2.05, 4.69) is 9.97 Å². The lowest BCUT2D eigenvalue weighted by molar-refractivity contribution is 0.199. The predicted molar refractivity (Wildman–Crippen MR) is 75.6 cm³/mol. The van der Waals surface area contributed by atoms with E-state index in [1.165, 1.54) is 0 Å². The van der Waals surface area contributed by atoms with Gasteiger partial charge in [-0.3, -0.25) is 9.97 Å². The van der Waals surface area contributed by atoms with Gasteiger partial charge in [-0.1, -0.05) is 24.3 Å². The van der Waals surface area contributed by atoms with Crippen molar-refractivity contribution >= 4 is 10.9 Å². The van der Waals surface area contributed by atoms with Crippen molar-refractivity contribution in [1.29, 1.82) is 0 Å². The maximum atomic E-state index is 9.96. The third kappa shape index (κ3) is 2.09. The van der Waals surface area contributed by atoms with Gasteiger partial charge >= 0.3 is 0 Å². The zero-order valence-corrected chi connectivity index (χ0v) is 10.6. The third-order valence-corrected chi connectivity index (χ3v) is 3.18. The quantitative estimate of drug-likeness (QED) is 0.758. The summed E-state index contributed by atoms with van der Waals surface area (Å²) in [7, 11) is 0. The molecule has 3 heteroatoms. The zero-order chi connectivity index (χ0) is 13.2. The first-order valence-corrected chi connectivity index (χ1v) is 6.24. The van der Waals surface area contributed by atoms with Gasteiger partial charge in [0, 0.05) is 28.9 Å². The van der Waals surface area contributed by atoms with Crippen LogP contribution in [0.4, 0.5) is 0 Å². The van der Waals surface area contributed by atoms with E-state index in [9.17, 15) is 5.11 Å². The van der Waals surface area contributed by atoms with Crippen molar-refractivity contribution in [3.63, 3.8) is 0 Å². The van der Waals surface area contributed by atoms with Gasteiger partial charge in [0.25, 0.3) is 0 Å². The average Bonchev–Trinajstić information content (AvgIpc) is 2.46. The molecule has 0 unspecified atom stereocenters. The fourth-order valence-corrected chi connectivity index (χ4v) is 2.27. The van der Waals surface area contributed by atoms with Crippen molar-refractivity contribution < 1.29 is 5.11 Å². The molecule has 3 nitrogen and oxygen atoms in total. The molecule has 3 aromatic rings. The van der Waals surface area contributed by atoms with Crippen LogP contribution >= 0.6 is 0 Å². The molecule has 0 bridgehead atoms. The van der Waals surface area contributed by atoms with Crippen molar-refractivity contribution in [2.45, 2.75) is 13.0 Å². The fraction of sp³-hybridized carbons (Fsp3) is 0.125. The van der Waals surface area contributed by atoms with E-state index in [0.717, 1.165) is 27.7 Å². The molecule has 0 aliphatic carbocycles. The highest BCUT2D eigenvalue weighted by atomic mass is 16.3. The average molecular weight is 250 g/mol. The van der Waals surface area contributed by atoms with E-state index < -0.39 is 6.10 Å². The van der Waals surface area contributed by atoms with Crippen molar-refractivity contribution in [3.8, 4) is 11.3 Å². The molecule has 0 spiro atoms. The van der Waals surface area contributed by atoms with Crippen molar-refractivity contribution in [1.82, 2.24) is 9.97 Å². The number of aliphatic hydroxyl groups excluding tert-OH is 1. The molecule has 2 aromatic heterocycles. The van der Waals surface area contributed by atoms with Gasteiger partial charge in [-0.05, 0) is 25.1 Å². The summed E-state index contributed by atoms with van der Waals surface area (Å²) < 4.78 is 0. The highest BCUT2D eigenvalue weighted by Crippen LogP contribution is 2.32. The summed E-state index contributed by atoms with van der Waals surface area (Å²) in [6, 6.07) is 13.7. The number of nitrogens with zero attached hydrogens (tertiary/aromatic N) is 2. The predicted octanol–water partition coefficient (Wildman–Crippen LogP) is 3.35. The molecule has 0 saturated heterocycles. The van der Waals surface area contributed by atoms with Crippen LogP contribution < -0.4 is 0 Å². The Hall–Kier alpha value is -2.26. The van der Waals surface area contributed by atoms with Gasteiger partial charge in [-0.25, -0.2) is 0 Å². The Morgan fingerprint density at radius 2 is 1.79 bits per heavy atom. The number of para-hydroxylation sites is 1. The first kappa shape index (κ1) is 11.8. The highest BCUT2D eigenvalue weighted by molar-refractivity contribution is 5.95. The minimum atomic E-state index is -0.575. The van der Waals surface area contributed by atoms with Crippen LogP contribution in [0.1, 0.15) is 18.6 Å². The number of aromatic nitrogens is 2. The van der Waals surface area contributed by atoms with Crippen molar-refractivity contribution in [2.24, 2.45) is 0 Å². The monoisotopic (exact) mass is 250 g/mol. The summed E-state index contributed by atoms with van der Waals surface area (Å²) >= 11 is 0. The maximum absolute atomic E-state index is 9.96. The van der Waals surface area contributed by atoms with Crippen LogP contribution in [0.5, 0.6) is 0 Å². The van der Waals surface area contributed by atoms with E-state index in [0.29, 0.717) is 0 Å². The molecule has 0 fully saturated rings. The molecule has 0 amide bonds. The van der Waals surface area contributed by atoms with Gasteiger partial charge in [0.05, 0.1) is 17.3 Å². The summed E-state index contributed by atoms with van der Waals surface area (Å²) in [5.41, 5.74) is 3.53. The van der Waals surface area contributed by atoms with Crippen molar-refractivity contribution in [2.75, 3.05) is 0 Å². The third-order valence-electron chi connectivity index (χ3n) is 3.18. The minimum absolute atomic E-state index is 0.575. The van der Waals surface area contributed by atoms with Gasteiger partial charge in [0.2, 0.25) is 0 Å². The van der Waals surface area contributed by atoms with E-state index >= 15 is 0 Å². The first-order valence-electron chi connectivity index (χ1n) is 6.24. The Bertz CT molecular complexity index is 708. The molecule has 0 aliphatic rings. The Morgan fingerprint density at radius 3 is 2.53 bits per heavy atom. The second kappa shape index (κ2) is 4.78. The lowest BCUT2D eigenvalue weighted by Gasteiger charge is -2.14. The molecule has 0 saturated carbocycles. The van der Waals surface area contributed by atoms with E-state index in [1.807, 2.05) is 42.5 Å². The molecule has 1 atom stereocenters. The molecule has 3 rings (SSSR count). The van der Waals surface area contributed by atoms with Crippen LogP contribution in [0.2, 0.25) is 0 Å². The Balaban J connectivity index is 2.39. The van der Waals surface area contributed by atoms with Crippen LogP contribution in [-0.4, -0.2) is 15.1 Å². The SMILES string of the molecule is C[C@@H](O)c1cnc2ccccc2c1-c1ccccn1. The van der Waals surface area contributed by atoms with Gasteiger partial charge in [-0.2, -0.15) is 0 Å². The number of hydrogen-bond acceptors (Lipinski definition) is 3. The summed E-state index contributed by atoms with van der Waals surface area (Å²) in [6.45, 7) is 1.75. The molecule has 94 valence electrons. The second-order valence-corrected chi connectivity index (χ2v) is 4.50. The highest BCUT2D eigenvalue weighted by Gasteiger charge is 2.14. The molecular formula is C16H14N2O. The Morgan fingerprint density at radius 1 is 1.00 bits per heavy atom. The van der Waals surface area contributed by atoms with Gasteiger partial charge < -0.3 is 5.11 Å². The number of aliphatic hydroxyl groups is 1. The van der Waals surface area contributed by atoms with Crippen LogP contribution in [0.15, 0.2) is 54.9 Å². The molecule has 19 heavy (non-hydrogen) atoms. The summed E-state index contributed by atoms with van der Waals surface area (Å²) in [4.78, 5) is 8.80. The van der Waals surface area contributed by atoms with E-state index in [-0.39, 0.29) is 0 Å². The maximum Gasteiger partial charge on any atom is 0.0783 e. The molecule has 1 N–H and O–H groups in total. The van der Waals surface area contributed by atoms with Crippen LogP contribution in [0, 0.1) is 0 Å². The van der Waals surface area contributed by atoms with E-state index in [4.69, 9.17) is 0 Å². The topological polar surface area (TPSA) is 46.0 Å². The number of rotatable bonds is 2. The Labute approximate surface area is 111 Å². The summed E-state index contributed by atoms with van der Waals surface area (Å²) in [5, 5.41) is 11.0. The number of fused-ring (bicyclic) bond motifs is 1. The largest absolute Gasteiger partial charge is 0.389 e. The second-order valence-electron chi connectivity index (χ2n) is 4.50. The smallest absolute Gasteiger partial charge is 0.0783 e. The summed E-state index contributed by atoms with van der Waals surface area (Å²) in [5.74, 6) is 0. The van der Waals surface area contributed by atoms with Gasteiger partial charge in [0.1, 0.15) is 0 Å². The number of pyridine rings is 2. The fourth-order valence-electron chi connectivity index (χ4n) is 2.27.